The number of aliphatic hydroxyl groups excluding tert-OH is 1. The Morgan fingerprint density at radius 2 is 2.17 bits per heavy atom. The molecule has 0 bridgehead atoms. The second-order valence-electron chi connectivity index (χ2n) is 3.97. The zero-order valence-corrected chi connectivity index (χ0v) is 9.11. The van der Waals surface area contributed by atoms with Crippen molar-refractivity contribution in [2.45, 2.75) is 12.5 Å². The first kappa shape index (κ1) is 12.4. The van der Waals surface area contributed by atoms with Crippen LogP contribution in [-0.2, 0) is 16.0 Å². The molecular weight excluding hydrogens is 244 g/mol. The maximum absolute atomic E-state index is 14.0. The molecule has 1 aliphatic rings. The number of nitrogens with two attached hydrogens (primary N) is 1. The van der Waals surface area contributed by atoms with E-state index in [2.05, 4.69) is 0 Å². The molecule has 1 amide bonds. The third-order valence-corrected chi connectivity index (χ3v) is 2.81. The molecule has 1 unspecified atom stereocenters. The SMILES string of the molecule is NC(=O)C(O)c1cc(F)c2c(c1F)C=C(C=O)C2. The number of rotatable bonds is 3. The van der Waals surface area contributed by atoms with Gasteiger partial charge in [-0.15, -0.1) is 0 Å². The van der Waals surface area contributed by atoms with Crippen molar-refractivity contribution < 1.29 is 23.5 Å². The minimum absolute atomic E-state index is 0.00542. The number of aldehydes is 1. The van der Waals surface area contributed by atoms with E-state index < -0.39 is 29.2 Å². The number of amides is 1. The van der Waals surface area contributed by atoms with Crippen molar-refractivity contribution in [3.05, 3.63) is 40.0 Å². The van der Waals surface area contributed by atoms with Crippen LogP contribution in [0.25, 0.3) is 6.08 Å². The normalized spacial score (nSPS) is 14.9. The Morgan fingerprint density at radius 3 is 2.72 bits per heavy atom. The Hall–Kier alpha value is -2.08. The topological polar surface area (TPSA) is 80.4 Å². The van der Waals surface area contributed by atoms with E-state index in [-0.39, 0.29) is 23.1 Å². The highest BCUT2D eigenvalue weighted by atomic mass is 19.1. The van der Waals surface area contributed by atoms with Gasteiger partial charge < -0.3 is 10.8 Å². The highest BCUT2D eigenvalue weighted by molar-refractivity contribution is 5.87. The summed E-state index contributed by atoms with van der Waals surface area (Å²) in [5, 5.41) is 9.39. The van der Waals surface area contributed by atoms with Crippen molar-refractivity contribution in [3.8, 4) is 0 Å². The summed E-state index contributed by atoms with van der Waals surface area (Å²) in [6.45, 7) is 0. The van der Waals surface area contributed by atoms with Crippen molar-refractivity contribution in [3.63, 3.8) is 0 Å². The highest BCUT2D eigenvalue weighted by Crippen LogP contribution is 2.32. The van der Waals surface area contributed by atoms with Crippen LogP contribution >= 0.6 is 0 Å². The van der Waals surface area contributed by atoms with Crippen molar-refractivity contribution in [1.82, 2.24) is 0 Å². The Labute approximate surface area is 101 Å². The van der Waals surface area contributed by atoms with Gasteiger partial charge in [0.2, 0.25) is 0 Å². The number of hydrogen-bond donors (Lipinski definition) is 2. The van der Waals surface area contributed by atoms with E-state index in [1.54, 1.807) is 0 Å². The number of aliphatic hydroxyl groups is 1. The van der Waals surface area contributed by atoms with E-state index in [1.165, 1.54) is 6.08 Å². The van der Waals surface area contributed by atoms with Crippen molar-refractivity contribution in [2.75, 3.05) is 0 Å². The second-order valence-corrected chi connectivity index (χ2v) is 3.97. The Morgan fingerprint density at radius 1 is 1.50 bits per heavy atom. The van der Waals surface area contributed by atoms with Crippen LogP contribution in [0.15, 0.2) is 11.6 Å². The summed E-state index contributed by atoms with van der Waals surface area (Å²) in [6.07, 6.45) is -0.228. The van der Waals surface area contributed by atoms with E-state index in [1.807, 2.05) is 0 Å². The van der Waals surface area contributed by atoms with Gasteiger partial charge in [-0.1, -0.05) is 0 Å². The lowest BCUT2D eigenvalue weighted by Crippen LogP contribution is -2.22. The Bertz CT molecular complexity index is 581. The molecule has 0 radical (unpaired) electrons. The first-order valence-corrected chi connectivity index (χ1v) is 5.09. The molecule has 18 heavy (non-hydrogen) atoms. The zero-order valence-electron chi connectivity index (χ0n) is 9.11. The average molecular weight is 253 g/mol. The van der Waals surface area contributed by atoms with Crippen LogP contribution in [-0.4, -0.2) is 17.3 Å². The third kappa shape index (κ3) is 1.80. The van der Waals surface area contributed by atoms with Gasteiger partial charge in [0.15, 0.2) is 6.10 Å². The first-order valence-electron chi connectivity index (χ1n) is 5.09. The predicted molar refractivity (Wildman–Crippen MR) is 58.3 cm³/mol. The van der Waals surface area contributed by atoms with E-state index in [9.17, 15) is 23.5 Å². The fraction of sp³-hybridized carbons (Fsp3) is 0.167. The molecule has 0 heterocycles. The summed E-state index contributed by atoms with van der Waals surface area (Å²) >= 11 is 0. The summed E-state index contributed by atoms with van der Waals surface area (Å²) in [5.41, 5.74) is 4.46. The summed E-state index contributed by atoms with van der Waals surface area (Å²) in [7, 11) is 0. The molecule has 1 atom stereocenters. The summed E-state index contributed by atoms with van der Waals surface area (Å²) in [5.74, 6) is -2.89. The van der Waals surface area contributed by atoms with Crippen molar-refractivity contribution >= 4 is 18.3 Å². The van der Waals surface area contributed by atoms with Gasteiger partial charge >= 0.3 is 0 Å². The number of carbonyl (C=O) groups excluding carboxylic acids is 2. The van der Waals surface area contributed by atoms with Crippen molar-refractivity contribution in [1.29, 1.82) is 0 Å². The van der Waals surface area contributed by atoms with E-state index in [0.29, 0.717) is 6.29 Å². The van der Waals surface area contributed by atoms with Gasteiger partial charge in [0.1, 0.15) is 17.9 Å². The standard InChI is InChI=1S/C12H9F2NO3/c13-9-3-8(11(17)12(15)18)10(14)7-2-5(4-16)1-6(7)9/h2-4,11,17H,1H2,(H2,15,18). The van der Waals surface area contributed by atoms with Crippen LogP contribution in [0.2, 0.25) is 0 Å². The smallest absolute Gasteiger partial charge is 0.251 e. The number of primary amides is 1. The van der Waals surface area contributed by atoms with Crippen LogP contribution in [0.5, 0.6) is 0 Å². The lowest BCUT2D eigenvalue weighted by molar-refractivity contribution is -0.126. The summed E-state index contributed by atoms with van der Waals surface area (Å²) < 4.78 is 27.7. The third-order valence-electron chi connectivity index (χ3n) is 2.81. The maximum atomic E-state index is 14.0. The van der Waals surface area contributed by atoms with E-state index >= 15 is 0 Å². The molecule has 4 nitrogen and oxygen atoms in total. The summed E-state index contributed by atoms with van der Waals surface area (Å²) in [4.78, 5) is 21.4. The molecule has 1 aromatic rings. The summed E-state index contributed by atoms with van der Waals surface area (Å²) in [6, 6.07) is 0.727. The molecule has 0 saturated carbocycles. The van der Waals surface area contributed by atoms with E-state index in [4.69, 9.17) is 5.73 Å². The molecule has 0 spiro atoms. The van der Waals surface area contributed by atoms with Gasteiger partial charge in [-0.25, -0.2) is 8.78 Å². The maximum Gasteiger partial charge on any atom is 0.251 e. The van der Waals surface area contributed by atoms with Gasteiger partial charge in [0.05, 0.1) is 0 Å². The number of carbonyl (C=O) groups is 2. The monoisotopic (exact) mass is 253 g/mol. The molecule has 3 N–H and O–H groups in total. The predicted octanol–water partition coefficient (Wildman–Crippen LogP) is 0.622. The number of allylic oxidation sites excluding steroid dienone is 1. The van der Waals surface area contributed by atoms with Gasteiger partial charge in [0, 0.05) is 23.1 Å². The van der Waals surface area contributed by atoms with Gasteiger partial charge in [0.25, 0.3) is 5.91 Å². The minimum Gasteiger partial charge on any atom is -0.378 e. The van der Waals surface area contributed by atoms with Gasteiger partial charge in [-0.05, 0) is 17.7 Å². The molecule has 0 fully saturated rings. The fourth-order valence-corrected chi connectivity index (χ4v) is 1.90. The van der Waals surface area contributed by atoms with E-state index in [0.717, 1.165) is 6.07 Å². The molecule has 0 aromatic heterocycles. The molecule has 1 aliphatic carbocycles. The number of benzene rings is 1. The fourth-order valence-electron chi connectivity index (χ4n) is 1.90. The number of hydrogen-bond acceptors (Lipinski definition) is 3. The minimum atomic E-state index is -1.92. The molecule has 1 aromatic carbocycles. The molecule has 94 valence electrons. The first-order chi connectivity index (χ1) is 8.45. The Balaban J connectivity index is 2.61. The molecule has 0 aliphatic heterocycles. The van der Waals surface area contributed by atoms with Crippen LogP contribution in [0.1, 0.15) is 22.8 Å². The van der Waals surface area contributed by atoms with Crippen molar-refractivity contribution in [2.24, 2.45) is 5.73 Å². The van der Waals surface area contributed by atoms with Gasteiger partial charge in [-0.3, -0.25) is 9.59 Å². The molecule has 2 rings (SSSR count). The van der Waals surface area contributed by atoms with Crippen LogP contribution < -0.4 is 5.73 Å². The lowest BCUT2D eigenvalue weighted by atomic mass is 10.00. The largest absolute Gasteiger partial charge is 0.378 e. The van der Waals surface area contributed by atoms with Crippen LogP contribution in [0.3, 0.4) is 0 Å². The lowest BCUT2D eigenvalue weighted by Gasteiger charge is -2.12. The Kier molecular flexibility index (Phi) is 2.96. The quantitative estimate of drug-likeness (QED) is 0.775. The number of fused-ring (bicyclic) bond motifs is 1. The zero-order chi connectivity index (χ0) is 13.4. The van der Waals surface area contributed by atoms with Crippen LogP contribution in [0.4, 0.5) is 8.78 Å². The van der Waals surface area contributed by atoms with Gasteiger partial charge in [-0.2, -0.15) is 0 Å². The number of halogens is 2. The molecule has 0 saturated heterocycles. The second kappa shape index (κ2) is 4.30. The van der Waals surface area contributed by atoms with Crippen LogP contribution in [0, 0.1) is 11.6 Å². The highest BCUT2D eigenvalue weighted by Gasteiger charge is 2.27. The molecule has 6 heteroatoms. The molecular formula is C12H9F2NO3. The average Bonchev–Trinajstić information content (AvgIpc) is 2.77.